The maximum Gasteiger partial charge on any atom is 0.137 e. The van der Waals surface area contributed by atoms with Crippen LogP contribution in [-0.4, -0.2) is 41.1 Å². The molecule has 0 amide bonds. The van der Waals surface area contributed by atoms with Gasteiger partial charge in [0.2, 0.25) is 0 Å². The Bertz CT molecular complexity index is 298. The van der Waals surface area contributed by atoms with Crippen molar-refractivity contribution in [3.8, 4) is 5.75 Å². The van der Waals surface area contributed by atoms with Crippen LogP contribution in [0.1, 0.15) is 6.92 Å². The van der Waals surface area contributed by atoms with Gasteiger partial charge < -0.3 is 20.3 Å². The van der Waals surface area contributed by atoms with Crippen molar-refractivity contribution >= 4 is 5.82 Å². The Hall–Kier alpha value is -1.33. The fourth-order valence-corrected chi connectivity index (χ4v) is 0.942. The van der Waals surface area contributed by atoms with Crippen LogP contribution in [0.5, 0.6) is 5.75 Å². The maximum atomic E-state index is 9.52. The van der Waals surface area contributed by atoms with Crippen molar-refractivity contribution in [1.29, 1.82) is 0 Å². The number of nitrogens with one attached hydrogen (secondary N) is 1. The molecule has 0 radical (unpaired) electrons. The van der Waals surface area contributed by atoms with E-state index in [9.17, 15) is 5.11 Å². The zero-order chi connectivity index (χ0) is 11.3. The molecule has 1 atom stereocenters. The average Bonchev–Trinajstić information content (AvgIpc) is 2.27. The highest BCUT2D eigenvalue weighted by Crippen LogP contribution is 2.12. The van der Waals surface area contributed by atoms with E-state index in [0.29, 0.717) is 11.6 Å². The fraction of sp³-hybridized carbons (Fsp3) is 0.500. The summed E-state index contributed by atoms with van der Waals surface area (Å²) in [6, 6.07) is 3.51. The number of rotatable bonds is 5. The molecule has 0 aromatic carbocycles. The second-order valence-corrected chi connectivity index (χ2v) is 3.59. The average molecular weight is 212 g/mol. The van der Waals surface area contributed by atoms with Gasteiger partial charge >= 0.3 is 0 Å². The van der Waals surface area contributed by atoms with Crippen LogP contribution in [0.2, 0.25) is 0 Å². The topological polar surface area (TPSA) is 74.6 Å². The van der Waals surface area contributed by atoms with E-state index in [0.717, 1.165) is 0 Å². The van der Waals surface area contributed by atoms with Crippen molar-refractivity contribution in [3.63, 3.8) is 0 Å². The number of aliphatic hydroxyl groups is 2. The van der Waals surface area contributed by atoms with Crippen molar-refractivity contribution in [1.82, 2.24) is 4.98 Å². The Morgan fingerprint density at radius 1 is 1.53 bits per heavy atom. The van der Waals surface area contributed by atoms with Crippen LogP contribution in [-0.2, 0) is 0 Å². The number of pyridine rings is 1. The van der Waals surface area contributed by atoms with Crippen LogP contribution in [0.4, 0.5) is 5.82 Å². The third-order valence-corrected chi connectivity index (χ3v) is 1.96. The number of hydrogen-bond donors (Lipinski definition) is 3. The van der Waals surface area contributed by atoms with Crippen LogP contribution in [0, 0.1) is 0 Å². The molecule has 84 valence electrons. The number of ether oxygens (including phenoxy) is 1. The Morgan fingerprint density at radius 2 is 2.27 bits per heavy atom. The molecule has 0 aliphatic carbocycles. The molecular weight excluding hydrogens is 196 g/mol. The van der Waals surface area contributed by atoms with Crippen LogP contribution in [0.3, 0.4) is 0 Å². The van der Waals surface area contributed by atoms with Gasteiger partial charge in [0.25, 0.3) is 0 Å². The quantitative estimate of drug-likeness (QED) is 0.652. The highest BCUT2D eigenvalue weighted by molar-refractivity contribution is 5.37. The minimum absolute atomic E-state index is 0.239. The van der Waals surface area contributed by atoms with E-state index in [1.54, 1.807) is 32.4 Å². The summed E-state index contributed by atoms with van der Waals surface area (Å²) >= 11 is 0. The number of methoxy groups -OCH3 is 1. The molecule has 1 aromatic rings. The predicted octanol–water partition coefficient (Wildman–Crippen LogP) is 0.245. The summed E-state index contributed by atoms with van der Waals surface area (Å²) < 4.78 is 4.96. The highest BCUT2D eigenvalue weighted by Gasteiger charge is 2.18. The van der Waals surface area contributed by atoms with Gasteiger partial charge in [-0.15, -0.1) is 0 Å². The predicted molar refractivity (Wildman–Crippen MR) is 57.0 cm³/mol. The molecule has 1 unspecified atom stereocenters. The number of nitrogens with zero attached hydrogens (tertiary/aromatic N) is 1. The lowest BCUT2D eigenvalue weighted by Crippen LogP contribution is -2.37. The lowest BCUT2D eigenvalue weighted by atomic mass is 10.1. The Morgan fingerprint density at radius 3 is 2.73 bits per heavy atom. The van der Waals surface area contributed by atoms with E-state index < -0.39 is 5.60 Å². The molecule has 0 saturated carbocycles. The summed E-state index contributed by atoms with van der Waals surface area (Å²) in [6.07, 6.45) is 1.58. The lowest BCUT2D eigenvalue weighted by molar-refractivity contribution is 0.0132. The molecule has 5 nitrogen and oxygen atoms in total. The second-order valence-electron chi connectivity index (χ2n) is 3.59. The molecule has 0 bridgehead atoms. The summed E-state index contributed by atoms with van der Waals surface area (Å²) in [4.78, 5) is 4.06. The first-order valence-corrected chi connectivity index (χ1v) is 4.64. The maximum absolute atomic E-state index is 9.52. The Labute approximate surface area is 88.7 Å². The third-order valence-electron chi connectivity index (χ3n) is 1.96. The Kier molecular flexibility index (Phi) is 3.88. The molecule has 1 rings (SSSR count). The number of hydrogen-bond acceptors (Lipinski definition) is 5. The van der Waals surface area contributed by atoms with E-state index in [-0.39, 0.29) is 13.2 Å². The summed E-state index contributed by atoms with van der Waals surface area (Å²) in [7, 11) is 1.57. The second kappa shape index (κ2) is 4.95. The normalized spacial score (nSPS) is 14.4. The molecule has 15 heavy (non-hydrogen) atoms. The van der Waals surface area contributed by atoms with E-state index in [2.05, 4.69) is 10.3 Å². The van der Waals surface area contributed by atoms with Gasteiger partial charge in [-0.25, -0.2) is 4.98 Å². The molecular formula is C10H16N2O3. The minimum Gasteiger partial charge on any atom is -0.495 e. The summed E-state index contributed by atoms with van der Waals surface area (Å²) in [5, 5.41) is 21.3. The highest BCUT2D eigenvalue weighted by atomic mass is 16.5. The van der Waals surface area contributed by atoms with Crippen LogP contribution in [0.15, 0.2) is 18.3 Å². The molecule has 0 saturated heterocycles. The van der Waals surface area contributed by atoms with Crippen molar-refractivity contribution < 1.29 is 14.9 Å². The molecule has 1 aromatic heterocycles. The standard InChI is InChI=1S/C10H16N2O3/c1-10(14,7-13)6-12-9-4-3-8(15-2)5-11-9/h3-5,13-14H,6-7H2,1-2H3,(H,11,12). The molecule has 0 aliphatic heterocycles. The van der Waals surface area contributed by atoms with Gasteiger partial charge in [0.05, 0.1) is 19.9 Å². The summed E-state index contributed by atoms with van der Waals surface area (Å²) in [5.74, 6) is 1.30. The molecule has 0 spiro atoms. The fourth-order valence-electron chi connectivity index (χ4n) is 0.942. The van der Waals surface area contributed by atoms with Crippen molar-refractivity contribution in [2.24, 2.45) is 0 Å². The van der Waals surface area contributed by atoms with E-state index >= 15 is 0 Å². The third kappa shape index (κ3) is 3.73. The van der Waals surface area contributed by atoms with Gasteiger partial charge in [-0.2, -0.15) is 0 Å². The first-order valence-electron chi connectivity index (χ1n) is 4.64. The number of aromatic nitrogens is 1. The Balaban J connectivity index is 2.51. The SMILES string of the molecule is COc1ccc(NCC(C)(O)CO)nc1. The summed E-state index contributed by atoms with van der Waals surface area (Å²) in [5.41, 5.74) is -1.14. The van der Waals surface area contributed by atoms with Crippen molar-refractivity contribution in [3.05, 3.63) is 18.3 Å². The van der Waals surface area contributed by atoms with E-state index in [1.165, 1.54) is 0 Å². The van der Waals surface area contributed by atoms with E-state index in [1.807, 2.05) is 0 Å². The lowest BCUT2D eigenvalue weighted by Gasteiger charge is -2.20. The van der Waals surface area contributed by atoms with Crippen LogP contribution >= 0.6 is 0 Å². The van der Waals surface area contributed by atoms with Gasteiger partial charge in [-0.1, -0.05) is 0 Å². The number of aliphatic hydroxyl groups excluding tert-OH is 1. The largest absolute Gasteiger partial charge is 0.495 e. The van der Waals surface area contributed by atoms with Gasteiger partial charge in [-0.05, 0) is 19.1 Å². The van der Waals surface area contributed by atoms with Crippen LogP contribution < -0.4 is 10.1 Å². The summed E-state index contributed by atoms with van der Waals surface area (Å²) in [6.45, 7) is 1.49. The van der Waals surface area contributed by atoms with Crippen LogP contribution in [0.25, 0.3) is 0 Å². The first kappa shape index (κ1) is 11.7. The van der Waals surface area contributed by atoms with Gasteiger partial charge in [0.15, 0.2) is 0 Å². The van der Waals surface area contributed by atoms with Gasteiger partial charge in [0, 0.05) is 6.54 Å². The number of anilines is 1. The molecule has 5 heteroatoms. The van der Waals surface area contributed by atoms with Gasteiger partial charge in [0.1, 0.15) is 17.2 Å². The van der Waals surface area contributed by atoms with Gasteiger partial charge in [-0.3, -0.25) is 0 Å². The molecule has 3 N–H and O–H groups in total. The first-order chi connectivity index (χ1) is 7.07. The molecule has 0 fully saturated rings. The van der Waals surface area contributed by atoms with Crippen molar-refractivity contribution in [2.45, 2.75) is 12.5 Å². The zero-order valence-electron chi connectivity index (χ0n) is 8.90. The zero-order valence-corrected chi connectivity index (χ0v) is 8.90. The smallest absolute Gasteiger partial charge is 0.137 e. The molecule has 0 aliphatic rings. The molecule has 1 heterocycles. The van der Waals surface area contributed by atoms with E-state index in [4.69, 9.17) is 9.84 Å². The monoisotopic (exact) mass is 212 g/mol. The minimum atomic E-state index is -1.14. The van der Waals surface area contributed by atoms with Crippen molar-refractivity contribution in [2.75, 3.05) is 25.6 Å².